The average Bonchev–Trinajstić information content (AvgIpc) is 3.41. The topological polar surface area (TPSA) is 0 Å². The maximum Gasteiger partial charge on any atom is 0.278 e. The largest absolute Gasteiger partial charge is 0.278 e. The Bertz CT molecular complexity index is 2190. The van der Waals surface area contributed by atoms with Crippen molar-refractivity contribution in [2.24, 2.45) is 0 Å². The summed E-state index contributed by atoms with van der Waals surface area (Å²) in [6.07, 6.45) is 0. The van der Waals surface area contributed by atoms with Crippen LogP contribution in [0, 0.1) is 0 Å². The highest BCUT2D eigenvalue weighted by Crippen LogP contribution is 2.85. The summed E-state index contributed by atoms with van der Waals surface area (Å²) < 4.78 is 0. The van der Waals surface area contributed by atoms with Gasteiger partial charge in [0.25, 0.3) is 5.97 Å². The van der Waals surface area contributed by atoms with Gasteiger partial charge in [-0.1, -0.05) is 194 Å². The molecule has 0 radical (unpaired) electrons. The van der Waals surface area contributed by atoms with E-state index in [1.54, 1.807) is 0 Å². The highest BCUT2D eigenvalue weighted by atomic mass is 35.9. The van der Waals surface area contributed by atoms with Crippen LogP contribution in [0.25, 0.3) is 0 Å². The van der Waals surface area contributed by atoms with Gasteiger partial charge in [-0.05, 0) is 50.0 Å². The van der Waals surface area contributed by atoms with Crippen molar-refractivity contribution in [1.82, 2.24) is 0 Å². The third-order valence-electron chi connectivity index (χ3n) is 9.49. The molecule has 0 N–H and O–H groups in total. The second-order valence-corrected chi connectivity index (χ2v) is 25.5. The number of benzene rings is 7. The smallest absolute Gasteiger partial charge is 0.0843 e. The quantitative estimate of drug-likeness (QED) is 0.148. The molecule has 8 rings (SSSR count). The lowest BCUT2D eigenvalue weighted by molar-refractivity contribution is 1.66. The van der Waals surface area contributed by atoms with E-state index in [0.29, 0.717) is 5.02 Å². The van der Waals surface area contributed by atoms with Crippen molar-refractivity contribution < 1.29 is 0 Å². The molecule has 0 fully saturated rings. The van der Waals surface area contributed by atoms with E-state index in [9.17, 15) is 0 Å². The number of hydrogen-bond acceptors (Lipinski definition) is 0. The number of rotatable bonds is 6. The van der Waals surface area contributed by atoms with Gasteiger partial charge in [-0.3, -0.25) is 0 Å². The fourth-order valence-corrected chi connectivity index (χ4v) is 28.1. The summed E-state index contributed by atoms with van der Waals surface area (Å²) in [6, 6.07) is 71.5. The molecule has 1 aliphatic rings. The van der Waals surface area contributed by atoms with Crippen molar-refractivity contribution >= 4 is 95.7 Å². The zero-order valence-corrected chi connectivity index (χ0v) is 32.0. The van der Waals surface area contributed by atoms with Crippen molar-refractivity contribution in [2.75, 3.05) is 0 Å². The average molecular weight is 761 g/mol. The molecule has 0 bridgehead atoms. The Morgan fingerprint density at radius 3 is 0.860 bits per heavy atom. The Labute approximate surface area is 310 Å². The monoisotopic (exact) mass is 759 g/mol. The lowest BCUT2D eigenvalue weighted by atomic mass is 10.1. The fourth-order valence-electron chi connectivity index (χ4n) is 7.58. The van der Waals surface area contributed by atoms with E-state index in [0.717, 1.165) is 21.2 Å². The fraction of sp³-hybridized carbons (Fsp3) is 0. The van der Waals surface area contributed by atoms with Crippen LogP contribution in [0.2, 0.25) is 5.02 Å². The molecule has 244 valence electrons. The van der Waals surface area contributed by atoms with Crippen LogP contribution in [0.4, 0.5) is 0 Å². The Morgan fingerprint density at radius 2 is 0.580 bits per heavy atom. The second kappa shape index (κ2) is 13.9. The standard InChI is InChI=1S/C44H33Cl3P3/c45-34-31-32-41-42(33-34)44(49(38-25-13-4-14-26-38,39-27-15-5-16-28-39)40-29-17-6-18-30-40)50(46,47)43(41)48(35-19-7-1-8-20-35,36-21-9-2-10-22-36)37-23-11-3-12-24-37/h1-33H/q+1. The van der Waals surface area contributed by atoms with Gasteiger partial charge in [0.05, 0.1) is 0 Å². The first-order valence-electron chi connectivity index (χ1n) is 16.5. The van der Waals surface area contributed by atoms with Gasteiger partial charge < -0.3 is 0 Å². The van der Waals surface area contributed by atoms with E-state index in [1.165, 1.54) is 31.8 Å². The second-order valence-electron chi connectivity index (χ2n) is 12.2. The molecule has 0 unspecified atom stereocenters. The van der Waals surface area contributed by atoms with Crippen LogP contribution in [-0.2, 0) is 0 Å². The minimum atomic E-state index is -3.23. The van der Waals surface area contributed by atoms with Crippen LogP contribution < -0.4 is 31.8 Å². The predicted molar refractivity (Wildman–Crippen MR) is 229 cm³/mol. The van der Waals surface area contributed by atoms with Crippen LogP contribution >= 0.6 is 53.8 Å². The molecule has 50 heavy (non-hydrogen) atoms. The number of fused-ring (bicyclic) bond motifs is 1. The molecule has 0 aliphatic carbocycles. The van der Waals surface area contributed by atoms with Crippen molar-refractivity contribution in [1.29, 1.82) is 0 Å². The van der Waals surface area contributed by atoms with Gasteiger partial charge in [-0.15, -0.1) is 0 Å². The SMILES string of the molecule is Clc1ccc2c(c1)C(=P(c1ccccc1)(c1ccccc1)c1ccccc1)[P+](Cl)(Cl)C2=P(c1ccccc1)(c1ccccc1)c1ccccc1. The summed E-state index contributed by atoms with van der Waals surface area (Å²) >= 11 is 24.0. The lowest BCUT2D eigenvalue weighted by Gasteiger charge is -2.33. The van der Waals surface area contributed by atoms with Crippen molar-refractivity contribution in [3.8, 4) is 0 Å². The third-order valence-corrected chi connectivity index (χ3v) is 26.5. The Balaban J connectivity index is 1.73. The molecule has 0 atom stereocenters. The molecule has 0 spiro atoms. The summed E-state index contributed by atoms with van der Waals surface area (Å²) in [4.78, 5) is 0. The van der Waals surface area contributed by atoms with E-state index in [4.69, 9.17) is 34.1 Å². The van der Waals surface area contributed by atoms with Gasteiger partial charge in [0.1, 0.15) is 32.6 Å². The van der Waals surface area contributed by atoms with Crippen molar-refractivity contribution in [2.45, 2.75) is 0 Å². The molecule has 6 heteroatoms. The summed E-state index contributed by atoms with van der Waals surface area (Å²) in [5.74, 6) is -3.23. The normalized spacial score (nSPS) is 14.0. The maximum absolute atomic E-state index is 8.50. The molecule has 1 heterocycles. The molecule has 7 aromatic rings. The van der Waals surface area contributed by atoms with E-state index >= 15 is 0 Å². The predicted octanol–water partition coefficient (Wildman–Crippen LogP) is 10.6. The zero-order chi connectivity index (χ0) is 34.2. The van der Waals surface area contributed by atoms with Gasteiger partial charge in [-0.25, -0.2) is 0 Å². The lowest BCUT2D eigenvalue weighted by Crippen LogP contribution is -2.31. The Kier molecular flexibility index (Phi) is 9.31. The molecule has 0 aromatic heterocycles. The van der Waals surface area contributed by atoms with E-state index in [-0.39, 0.29) is 0 Å². The molecule has 7 aromatic carbocycles. The zero-order valence-electron chi connectivity index (χ0n) is 27.0. The molecule has 0 amide bonds. The highest BCUT2D eigenvalue weighted by Gasteiger charge is 2.62. The summed E-state index contributed by atoms with van der Waals surface area (Å²) in [7, 11) is 0. The minimum absolute atomic E-state index is 0.659. The molecule has 1 aliphatic heterocycles. The summed E-state index contributed by atoms with van der Waals surface area (Å²) in [6.45, 7) is -5.41. The molecule has 0 nitrogen and oxygen atoms in total. The van der Waals surface area contributed by atoms with E-state index in [1.807, 2.05) is 6.07 Å². The van der Waals surface area contributed by atoms with E-state index in [2.05, 4.69) is 194 Å². The first-order valence-corrected chi connectivity index (χ1v) is 24.0. The van der Waals surface area contributed by atoms with Crippen LogP contribution in [0.15, 0.2) is 200 Å². The van der Waals surface area contributed by atoms with Crippen LogP contribution in [0.5, 0.6) is 0 Å². The first-order chi connectivity index (χ1) is 24.5. The van der Waals surface area contributed by atoms with Gasteiger partial charge >= 0.3 is 0 Å². The van der Waals surface area contributed by atoms with Crippen molar-refractivity contribution in [3.05, 3.63) is 216 Å². The van der Waals surface area contributed by atoms with Crippen LogP contribution in [0.1, 0.15) is 11.1 Å². The summed E-state index contributed by atoms with van der Waals surface area (Å²) in [5.41, 5.74) is 2.13. The highest BCUT2D eigenvalue weighted by molar-refractivity contribution is 8.47. The van der Waals surface area contributed by atoms with Gasteiger partial charge in [0, 0.05) is 29.9 Å². The van der Waals surface area contributed by atoms with E-state index < -0.39 is 19.7 Å². The molecular weight excluding hydrogens is 728 g/mol. The minimum Gasteiger partial charge on any atom is -0.0843 e. The van der Waals surface area contributed by atoms with Gasteiger partial charge in [0.15, 0.2) is 0 Å². The van der Waals surface area contributed by atoms with Crippen molar-refractivity contribution in [3.63, 3.8) is 0 Å². The molecule has 0 saturated carbocycles. The molecule has 0 saturated heterocycles. The first kappa shape index (κ1) is 33.6. The Morgan fingerprint density at radius 1 is 0.320 bits per heavy atom. The van der Waals surface area contributed by atoms with Crippen LogP contribution in [0.3, 0.4) is 0 Å². The van der Waals surface area contributed by atoms with Gasteiger partial charge in [-0.2, -0.15) is 0 Å². The van der Waals surface area contributed by atoms with Gasteiger partial charge in [0.2, 0.25) is 0 Å². The Hall–Kier alpha value is -3.56. The number of halogens is 3. The van der Waals surface area contributed by atoms with Crippen LogP contribution in [-0.4, -0.2) is 10.1 Å². The maximum atomic E-state index is 8.50. The summed E-state index contributed by atoms with van der Waals surface area (Å²) in [5, 5.41) is 10.1. The number of hydrogen-bond donors (Lipinski definition) is 0. The molecular formula is C44H33Cl3P3+. The third kappa shape index (κ3) is 5.33.